The summed E-state index contributed by atoms with van der Waals surface area (Å²) in [5.41, 5.74) is 2.81. The van der Waals surface area contributed by atoms with Crippen LogP contribution in [0.2, 0.25) is 3.93 Å². The van der Waals surface area contributed by atoms with Crippen LogP contribution in [0.3, 0.4) is 0 Å². The Hall–Kier alpha value is -1.80. The van der Waals surface area contributed by atoms with Crippen molar-refractivity contribution < 1.29 is 0 Å². The minimum atomic E-state index is -3.38. The van der Waals surface area contributed by atoms with Crippen LogP contribution in [0.15, 0.2) is 103 Å². The average Bonchev–Trinajstić information content (AvgIpc) is 3.44. The summed E-state index contributed by atoms with van der Waals surface area (Å²) in [5, 5.41) is 0. The van der Waals surface area contributed by atoms with Gasteiger partial charge in [0.05, 0.1) is 0 Å². The molecule has 3 saturated carbocycles. The van der Waals surface area contributed by atoms with E-state index < -0.39 is 18.4 Å². The maximum atomic E-state index is 2.84. The van der Waals surface area contributed by atoms with E-state index in [1.807, 2.05) is 5.57 Å². The van der Waals surface area contributed by atoms with E-state index in [0.29, 0.717) is 10.8 Å². The van der Waals surface area contributed by atoms with Gasteiger partial charge in [0.2, 0.25) is 0 Å². The molecule has 0 spiro atoms. The summed E-state index contributed by atoms with van der Waals surface area (Å²) in [6.45, 7) is 12.9. The minimum absolute atomic E-state index is 0.392. The molecule has 0 heterocycles. The molecule has 0 bridgehead atoms. The Morgan fingerprint density at radius 2 is 1.26 bits per heavy atom. The van der Waals surface area contributed by atoms with Crippen LogP contribution in [0.1, 0.15) is 105 Å². The van der Waals surface area contributed by atoms with Gasteiger partial charge in [-0.25, -0.2) is 0 Å². The molecule has 7 rings (SSSR count). The molecule has 3 aromatic carbocycles. The second kappa shape index (κ2) is 13.2. The van der Waals surface area contributed by atoms with Crippen LogP contribution < -0.4 is 10.7 Å². The first-order chi connectivity index (χ1) is 22.3. The average molecular weight is 720 g/mol. The van der Waals surface area contributed by atoms with Crippen molar-refractivity contribution in [3.8, 4) is 0 Å². The molecule has 0 saturated heterocycles. The normalized spacial score (nSPS) is 33.1. The van der Waals surface area contributed by atoms with Gasteiger partial charge >= 0.3 is 261 Å². The van der Waals surface area contributed by atoms with Gasteiger partial charge < -0.3 is 0 Å². The van der Waals surface area contributed by atoms with E-state index in [1.54, 1.807) is 10.7 Å². The maximum absolute atomic E-state index is 3.38. The third-order valence-corrected chi connectivity index (χ3v) is 30.2. The van der Waals surface area contributed by atoms with Crippen molar-refractivity contribution in [1.29, 1.82) is 0 Å². The molecule has 0 amide bonds. The van der Waals surface area contributed by atoms with Crippen LogP contribution in [0.4, 0.5) is 0 Å². The van der Waals surface area contributed by atoms with Crippen molar-refractivity contribution in [3.05, 3.63) is 103 Å². The molecule has 0 N–H and O–H groups in total. The van der Waals surface area contributed by atoms with E-state index in [1.165, 1.54) is 70.6 Å². The topological polar surface area (TPSA) is 0 Å². The quantitative estimate of drug-likeness (QED) is 0.153. The van der Waals surface area contributed by atoms with Gasteiger partial charge in [0.15, 0.2) is 0 Å². The Morgan fingerprint density at radius 1 is 0.674 bits per heavy atom. The summed E-state index contributed by atoms with van der Waals surface area (Å²) in [6.07, 6.45) is 18.5. The molecule has 4 aliphatic rings. The van der Waals surface area contributed by atoms with Crippen LogP contribution in [-0.4, -0.2) is 18.4 Å². The zero-order chi connectivity index (χ0) is 31.9. The molecule has 1 heteroatoms. The van der Waals surface area contributed by atoms with Crippen LogP contribution in [0.25, 0.3) is 0 Å². The van der Waals surface area contributed by atoms with Gasteiger partial charge in [0.1, 0.15) is 0 Å². The number of benzene rings is 3. The molecule has 0 aromatic heterocycles. The van der Waals surface area contributed by atoms with Crippen LogP contribution >= 0.6 is 0 Å². The Morgan fingerprint density at radius 3 is 1.83 bits per heavy atom. The fourth-order valence-corrected chi connectivity index (χ4v) is 28.6. The third kappa shape index (κ3) is 5.49. The molecule has 0 radical (unpaired) electrons. The second-order valence-electron chi connectivity index (χ2n) is 17.1. The first-order valence-electron chi connectivity index (χ1n) is 19.1. The molecule has 3 aromatic rings. The van der Waals surface area contributed by atoms with E-state index in [9.17, 15) is 0 Å². The van der Waals surface area contributed by atoms with Crippen molar-refractivity contribution in [2.45, 2.75) is 109 Å². The Bertz CT molecular complexity index is 1380. The molecule has 0 nitrogen and oxygen atoms in total. The van der Waals surface area contributed by atoms with Gasteiger partial charge in [-0.2, -0.15) is 0 Å². The first kappa shape index (κ1) is 32.7. The standard InChI is InChI=1S/C27H45.3C6H5.Sn/c1-19(2)9-8-10-20(3)23-14-15-24-22-13-12-21-11-6-7-17-26(21,4)25(22)16-18-27(23,24)5;3*1-2-4-6-5-3-1;/h6,12,19-20,22-25H,7-11,13-18H2,1-5H3;3*1-5H;/t20-,22+,23-,24+,25+,26+,27-;;;;/m1..../s1. The summed E-state index contributed by atoms with van der Waals surface area (Å²) < 4.78 is 5.72. The molecule has 4 aliphatic carbocycles. The number of allylic oxidation sites excluding steroid dienone is 2. The van der Waals surface area contributed by atoms with Gasteiger partial charge in [-0.05, 0) is 5.92 Å². The van der Waals surface area contributed by atoms with Gasteiger partial charge in [-0.3, -0.25) is 0 Å². The fourth-order valence-electron chi connectivity index (χ4n) is 12.4. The summed E-state index contributed by atoms with van der Waals surface area (Å²) >= 11 is -3.38. The summed E-state index contributed by atoms with van der Waals surface area (Å²) in [6, 6.07) is 35.5. The molecule has 0 aliphatic heterocycles. The monoisotopic (exact) mass is 720 g/mol. The van der Waals surface area contributed by atoms with Crippen LogP contribution in [-0.2, 0) is 0 Å². The molecule has 8 atom stereocenters. The fraction of sp³-hybridized carbons (Fsp3) is 0.556. The summed E-state index contributed by atoms with van der Waals surface area (Å²) in [5.74, 6) is 5.40. The van der Waals surface area contributed by atoms with Crippen molar-refractivity contribution in [2.75, 3.05) is 0 Å². The number of hydrogen-bond acceptors (Lipinski definition) is 0. The van der Waals surface area contributed by atoms with E-state index in [0.717, 1.165) is 39.4 Å². The SMILES string of the molecule is CC(C)CCC[C@@H](C)[C@H]1CC[C@H]2[C@@H]3CC=C4C[C@H]([Sn]([c]5ccccc5)([c]5ccccc5)[c]5ccccc5)CC[C@]4(C)[C@H]3CC[C@]12C. The molecular formula is C45H60Sn. The summed E-state index contributed by atoms with van der Waals surface area (Å²) in [7, 11) is 0. The summed E-state index contributed by atoms with van der Waals surface area (Å²) in [4.78, 5) is 0. The third-order valence-electron chi connectivity index (χ3n) is 14.6. The van der Waals surface area contributed by atoms with E-state index in [2.05, 4.69) is 132 Å². The van der Waals surface area contributed by atoms with Crippen molar-refractivity contribution in [3.63, 3.8) is 0 Å². The predicted molar refractivity (Wildman–Crippen MR) is 201 cm³/mol. The van der Waals surface area contributed by atoms with Gasteiger partial charge in [-0.1, -0.05) is 20.3 Å². The van der Waals surface area contributed by atoms with E-state index in [-0.39, 0.29) is 0 Å². The molecule has 0 unspecified atom stereocenters. The van der Waals surface area contributed by atoms with Crippen molar-refractivity contribution in [2.24, 2.45) is 46.3 Å². The van der Waals surface area contributed by atoms with Crippen LogP contribution in [0, 0.1) is 46.3 Å². The Labute approximate surface area is 285 Å². The molecule has 46 heavy (non-hydrogen) atoms. The second-order valence-corrected chi connectivity index (χ2v) is 29.0. The first-order valence-corrected chi connectivity index (χ1v) is 25.1. The van der Waals surface area contributed by atoms with Gasteiger partial charge in [0.25, 0.3) is 0 Å². The van der Waals surface area contributed by atoms with Crippen molar-refractivity contribution >= 4 is 29.1 Å². The zero-order valence-electron chi connectivity index (χ0n) is 29.6. The van der Waals surface area contributed by atoms with Gasteiger partial charge in [-0.15, -0.1) is 0 Å². The van der Waals surface area contributed by atoms with Crippen molar-refractivity contribution in [1.82, 2.24) is 0 Å². The zero-order valence-corrected chi connectivity index (χ0v) is 32.4. The number of rotatable bonds is 9. The predicted octanol–water partition coefficient (Wildman–Crippen LogP) is 10.6. The van der Waals surface area contributed by atoms with E-state index >= 15 is 0 Å². The number of hydrogen-bond donors (Lipinski definition) is 0. The molecular weight excluding hydrogens is 659 g/mol. The van der Waals surface area contributed by atoms with Crippen LogP contribution in [0.5, 0.6) is 0 Å². The number of fused-ring (bicyclic) bond motifs is 5. The van der Waals surface area contributed by atoms with E-state index in [4.69, 9.17) is 0 Å². The molecule has 244 valence electrons. The molecule has 3 fully saturated rings. The Kier molecular flexibility index (Phi) is 9.43. The van der Waals surface area contributed by atoms with Gasteiger partial charge in [0, 0.05) is 0 Å². The Balaban J connectivity index is 1.20.